The molecule has 0 spiro atoms. The van der Waals surface area contributed by atoms with Gasteiger partial charge in [0, 0.05) is 22.8 Å². The number of aromatic nitrogens is 2. The first-order valence-electron chi connectivity index (χ1n) is 6.26. The first-order valence-corrected chi connectivity index (χ1v) is 7.44. The molecule has 0 aliphatic rings. The largest absolute Gasteiger partial charge is 0.374 e. The molecule has 0 fully saturated rings. The molecule has 21 heavy (non-hydrogen) atoms. The van der Waals surface area contributed by atoms with Crippen molar-refractivity contribution in [1.29, 1.82) is 0 Å². The van der Waals surface area contributed by atoms with Crippen LogP contribution in [0.3, 0.4) is 0 Å². The molecule has 6 nitrogen and oxygen atoms in total. The van der Waals surface area contributed by atoms with E-state index in [0.717, 1.165) is 10.2 Å². The number of hydrogen-bond donors (Lipinski definition) is 3. The Hall–Kier alpha value is -1.41. The van der Waals surface area contributed by atoms with Crippen LogP contribution in [0.1, 0.15) is 12.7 Å². The number of nitrogen functional groups attached to an aromatic ring is 1. The van der Waals surface area contributed by atoms with Crippen LogP contribution in [0.2, 0.25) is 5.02 Å². The van der Waals surface area contributed by atoms with Gasteiger partial charge in [-0.05, 0) is 41.1 Å². The fraction of sp³-hybridized carbons (Fsp3) is 0.231. The van der Waals surface area contributed by atoms with Crippen LogP contribution in [0.25, 0.3) is 0 Å². The number of hydrogen-bond acceptors (Lipinski definition) is 6. The highest BCUT2D eigenvalue weighted by Crippen LogP contribution is 2.27. The molecule has 0 aliphatic carbocycles. The number of nitrogens with one attached hydrogen (secondary N) is 2. The van der Waals surface area contributed by atoms with Gasteiger partial charge in [-0.25, -0.2) is 15.8 Å². The van der Waals surface area contributed by atoms with Crippen molar-refractivity contribution >= 4 is 44.9 Å². The molecular weight excluding hydrogens is 358 g/mol. The summed E-state index contributed by atoms with van der Waals surface area (Å²) < 4.78 is 6.14. The summed E-state index contributed by atoms with van der Waals surface area (Å²) in [5.41, 5.74) is 3.32. The number of nitrogens with zero attached hydrogens (tertiary/aromatic N) is 2. The minimum absolute atomic E-state index is 0.321. The monoisotopic (exact) mass is 371 g/mol. The number of hydrazine groups is 1. The third-order valence-corrected chi connectivity index (χ3v) is 3.78. The van der Waals surface area contributed by atoms with E-state index < -0.39 is 0 Å². The molecule has 0 unspecified atom stereocenters. The Bertz CT molecular complexity index is 626. The summed E-state index contributed by atoms with van der Waals surface area (Å²) in [4.78, 5) is 8.59. The number of halogens is 2. The maximum absolute atomic E-state index is 6.07. The molecule has 0 amide bonds. The number of anilines is 3. The standard InChI is InChI=1S/C13H15BrClN5O/c1-2-21-7-13-18-11(6-12(19-13)20-16)17-8-3-4-9(14)10(15)5-8/h3-6H,2,7,16H2,1H3,(H2,17,18,19,20). The smallest absolute Gasteiger partial charge is 0.158 e. The minimum atomic E-state index is 0.321. The molecule has 112 valence electrons. The molecule has 4 N–H and O–H groups in total. The second-order valence-electron chi connectivity index (χ2n) is 4.09. The van der Waals surface area contributed by atoms with Crippen molar-refractivity contribution in [3.8, 4) is 0 Å². The summed E-state index contributed by atoms with van der Waals surface area (Å²) in [5.74, 6) is 7.07. The third kappa shape index (κ3) is 4.53. The molecule has 1 heterocycles. The van der Waals surface area contributed by atoms with E-state index in [1.165, 1.54) is 0 Å². The van der Waals surface area contributed by atoms with Gasteiger partial charge in [-0.1, -0.05) is 11.6 Å². The molecule has 2 rings (SSSR count). The Morgan fingerprint density at radius 3 is 2.71 bits per heavy atom. The second kappa shape index (κ2) is 7.56. The lowest BCUT2D eigenvalue weighted by atomic mass is 10.3. The zero-order chi connectivity index (χ0) is 15.2. The van der Waals surface area contributed by atoms with Crippen molar-refractivity contribution in [3.63, 3.8) is 0 Å². The molecule has 1 aromatic carbocycles. The van der Waals surface area contributed by atoms with E-state index >= 15 is 0 Å². The number of nitrogens with two attached hydrogens (primary N) is 1. The Kier molecular flexibility index (Phi) is 5.75. The highest BCUT2D eigenvalue weighted by molar-refractivity contribution is 9.10. The van der Waals surface area contributed by atoms with Crippen LogP contribution in [0.4, 0.5) is 17.3 Å². The van der Waals surface area contributed by atoms with Gasteiger partial charge in [0.1, 0.15) is 18.2 Å². The van der Waals surface area contributed by atoms with Crippen molar-refractivity contribution in [2.75, 3.05) is 17.3 Å². The average Bonchev–Trinajstić information content (AvgIpc) is 2.48. The molecular formula is C13H15BrClN5O. The zero-order valence-corrected chi connectivity index (χ0v) is 13.7. The predicted molar refractivity (Wildman–Crippen MR) is 87.6 cm³/mol. The zero-order valence-electron chi connectivity index (χ0n) is 11.4. The first kappa shape index (κ1) is 16.0. The van der Waals surface area contributed by atoms with Crippen LogP contribution < -0.4 is 16.6 Å². The Morgan fingerprint density at radius 1 is 1.29 bits per heavy atom. The van der Waals surface area contributed by atoms with Gasteiger partial charge < -0.3 is 15.5 Å². The fourth-order valence-electron chi connectivity index (χ4n) is 1.61. The van der Waals surface area contributed by atoms with Gasteiger partial charge in [0.2, 0.25) is 0 Å². The summed E-state index contributed by atoms with van der Waals surface area (Å²) in [7, 11) is 0. The van der Waals surface area contributed by atoms with Crippen LogP contribution in [-0.4, -0.2) is 16.6 Å². The normalized spacial score (nSPS) is 10.5. The van der Waals surface area contributed by atoms with E-state index in [1.807, 2.05) is 19.1 Å². The predicted octanol–water partition coefficient (Wildman–Crippen LogP) is 3.46. The number of rotatable bonds is 6. The van der Waals surface area contributed by atoms with Crippen molar-refractivity contribution < 1.29 is 4.74 Å². The molecule has 0 radical (unpaired) electrons. The quantitative estimate of drug-likeness (QED) is 0.532. The minimum Gasteiger partial charge on any atom is -0.374 e. The van der Waals surface area contributed by atoms with Crippen molar-refractivity contribution in [2.45, 2.75) is 13.5 Å². The van der Waals surface area contributed by atoms with Gasteiger partial charge in [0.15, 0.2) is 5.82 Å². The Balaban J connectivity index is 2.23. The lowest BCUT2D eigenvalue weighted by Crippen LogP contribution is -2.12. The maximum atomic E-state index is 6.07. The van der Waals surface area contributed by atoms with Crippen molar-refractivity contribution in [3.05, 3.63) is 39.6 Å². The van der Waals surface area contributed by atoms with E-state index in [0.29, 0.717) is 35.7 Å². The van der Waals surface area contributed by atoms with Gasteiger partial charge in [-0.3, -0.25) is 0 Å². The third-order valence-electron chi connectivity index (χ3n) is 2.55. The molecule has 0 bridgehead atoms. The van der Waals surface area contributed by atoms with E-state index in [9.17, 15) is 0 Å². The van der Waals surface area contributed by atoms with Crippen molar-refractivity contribution in [1.82, 2.24) is 9.97 Å². The maximum Gasteiger partial charge on any atom is 0.158 e. The van der Waals surface area contributed by atoms with Crippen LogP contribution in [-0.2, 0) is 11.3 Å². The molecule has 0 saturated heterocycles. The highest BCUT2D eigenvalue weighted by Gasteiger charge is 2.06. The van der Waals surface area contributed by atoms with E-state index in [4.69, 9.17) is 22.2 Å². The topological polar surface area (TPSA) is 85.1 Å². The molecule has 0 saturated carbocycles. The van der Waals surface area contributed by atoms with Gasteiger partial charge in [-0.2, -0.15) is 0 Å². The molecule has 8 heteroatoms. The van der Waals surface area contributed by atoms with Crippen LogP contribution >= 0.6 is 27.5 Å². The van der Waals surface area contributed by atoms with E-state index in [-0.39, 0.29) is 0 Å². The van der Waals surface area contributed by atoms with Crippen LogP contribution in [0.15, 0.2) is 28.7 Å². The summed E-state index contributed by atoms with van der Waals surface area (Å²) in [5, 5.41) is 3.77. The Labute approximate surface area is 136 Å². The lowest BCUT2D eigenvalue weighted by molar-refractivity contribution is 0.128. The fourth-order valence-corrected chi connectivity index (χ4v) is 2.04. The van der Waals surface area contributed by atoms with Crippen LogP contribution in [0, 0.1) is 0 Å². The molecule has 2 aromatic rings. The van der Waals surface area contributed by atoms with E-state index in [1.54, 1.807) is 12.1 Å². The lowest BCUT2D eigenvalue weighted by Gasteiger charge is -2.10. The summed E-state index contributed by atoms with van der Waals surface area (Å²) >= 11 is 9.42. The number of benzene rings is 1. The second-order valence-corrected chi connectivity index (χ2v) is 5.35. The van der Waals surface area contributed by atoms with Crippen molar-refractivity contribution in [2.24, 2.45) is 5.84 Å². The van der Waals surface area contributed by atoms with E-state index in [2.05, 4.69) is 36.6 Å². The molecule has 0 aliphatic heterocycles. The Morgan fingerprint density at radius 2 is 2.05 bits per heavy atom. The highest BCUT2D eigenvalue weighted by atomic mass is 79.9. The first-order chi connectivity index (χ1) is 10.1. The summed E-state index contributed by atoms with van der Waals surface area (Å²) in [6.45, 7) is 2.82. The average molecular weight is 373 g/mol. The summed E-state index contributed by atoms with van der Waals surface area (Å²) in [6, 6.07) is 7.24. The number of ether oxygens (including phenoxy) is 1. The van der Waals surface area contributed by atoms with Gasteiger partial charge in [-0.15, -0.1) is 0 Å². The molecule has 0 atom stereocenters. The SMILES string of the molecule is CCOCc1nc(NN)cc(Nc2ccc(Br)c(Cl)c2)n1. The van der Waals surface area contributed by atoms with Gasteiger partial charge in [0.25, 0.3) is 0 Å². The van der Waals surface area contributed by atoms with Gasteiger partial charge in [0.05, 0.1) is 5.02 Å². The molecule has 1 aromatic heterocycles. The van der Waals surface area contributed by atoms with Crippen LogP contribution in [0.5, 0.6) is 0 Å². The van der Waals surface area contributed by atoms with Gasteiger partial charge >= 0.3 is 0 Å². The summed E-state index contributed by atoms with van der Waals surface area (Å²) in [6.07, 6.45) is 0.